The Morgan fingerprint density at radius 3 is 2.33 bits per heavy atom. The Bertz CT molecular complexity index is 1250. The van der Waals surface area contributed by atoms with Crippen molar-refractivity contribution in [2.75, 3.05) is 24.2 Å². The Labute approximate surface area is 199 Å². The van der Waals surface area contributed by atoms with E-state index in [0.717, 1.165) is 67.2 Å². The molecule has 0 N–H and O–H groups in total. The number of aryl methyl sites for hydroxylation is 1. The van der Waals surface area contributed by atoms with E-state index in [0.29, 0.717) is 5.02 Å². The highest BCUT2D eigenvalue weighted by Crippen LogP contribution is 2.41. The monoisotopic (exact) mass is 483 g/mol. The number of nitrogens with zero attached hydrogens (tertiary/aromatic N) is 3. The zero-order valence-electron chi connectivity index (χ0n) is 18.5. The second-order valence-corrected chi connectivity index (χ2v) is 11.6. The van der Waals surface area contributed by atoms with Crippen molar-refractivity contribution in [3.63, 3.8) is 0 Å². The fourth-order valence-electron chi connectivity index (χ4n) is 4.73. The molecule has 172 valence electrons. The molecule has 0 saturated carbocycles. The lowest BCUT2D eigenvalue weighted by Crippen LogP contribution is -2.50. The molecule has 2 aromatic carbocycles. The highest BCUT2D eigenvalue weighted by molar-refractivity contribution is 7.89. The van der Waals surface area contributed by atoms with Crippen LogP contribution in [-0.4, -0.2) is 43.3 Å². The number of hydrogen-bond acceptors (Lipinski definition) is 6. The van der Waals surface area contributed by atoms with Gasteiger partial charge in [-0.15, -0.1) is 0 Å². The molecular formula is C25H26ClN3O3S. The van der Waals surface area contributed by atoms with Crippen molar-refractivity contribution in [1.82, 2.24) is 9.97 Å². The normalized spacial score (nSPS) is 17.5. The molecule has 5 rings (SSSR count). The lowest BCUT2D eigenvalue weighted by molar-refractivity contribution is 0.0224. The molecule has 0 aliphatic carbocycles. The summed E-state index contributed by atoms with van der Waals surface area (Å²) in [6.07, 6.45) is 8.37. The number of piperidine rings is 1. The molecule has 0 amide bonds. The number of sulfone groups is 1. The van der Waals surface area contributed by atoms with Gasteiger partial charge in [0, 0.05) is 32.2 Å². The summed E-state index contributed by atoms with van der Waals surface area (Å²) in [5, 5.41) is 0.545. The van der Waals surface area contributed by atoms with E-state index >= 15 is 0 Å². The number of ether oxygens (including phenoxy) is 1. The molecule has 1 saturated heterocycles. The summed E-state index contributed by atoms with van der Waals surface area (Å²) in [4.78, 5) is 10.9. The van der Waals surface area contributed by atoms with Crippen molar-refractivity contribution >= 4 is 27.4 Å². The maximum atomic E-state index is 11.5. The molecule has 3 aromatic rings. The topological polar surface area (TPSA) is 72.4 Å². The van der Waals surface area contributed by atoms with Crippen LogP contribution < -0.4 is 9.64 Å². The lowest BCUT2D eigenvalue weighted by Gasteiger charge is -2.44. The van der Waals surface area contributed by atoms with Gasteiger partial charge in [-0.2, -0.15) is 0 Å². The van der Waals surface area contributed by atoms with Crippen molar-refractivity contribution in [3.05, 3.63) is 71.0 Å². The zero-order chi connectivity index (χ0) is 23.1. The third-order valence-corrected chi connectivity index (χ3v) is 7.57. The zero-order valence-corrected chi connectivity index (χ0v) is 20.1. The summed E-state index contributed by atoms with van der Waals surface area (Å²) < 4.78 is 29.6. The Morgan fingerprint density at radius 1 is 1.00 bits per heavy atom. The maximum absolute atomic E-state index is 11.5. The molecule has 2 aliphatic heterocycles. The molecule has 0 atom stereocenters. The number of benzene rings is 2. The van der Waals surface area contributed by atoms with E-state index < -0.39 is 9.84 Å². The van der Waals surface area contributed by atoms with Crippen LogP contribution in [0.25, 0.3) is 11.1 Å². The first-order valence-electron chi connectivity index (χ1n) is 11.1. The standard InChI is InChI=1S/C25H26ClN3O3S/c1-33(30,31)17-18-2-4-19(5-3-18)20-6-7-23-21(14-20)8-9-25(32-23)10-12-29(13-11-25)24-27-15-22(26)16-28-24/h2-7,14-16H,8-13,17H2,1H3. The Balaban J connectivity index is 1.27. The molecule has 1 spiro atoms. The van der Waals surface area contributed by atoms with Crippen molar-refractivity contribution in [2.24, 2.45) is 0 Å². The van der Waals surface area contributed by atoms with E-state index in [1.54, 1.807) is 12.4 Å². The molecule has 8 heteroatoms. The van der Waals surface area contributed by atoms with Gasteiger partial charge in [0.2, 0.25) is 5.95 Å². The molecule has 33 heavy (non-hydrogen) atoms. The molecule has 0 radical (unpaired) electrons. The van der Waals surface area contributed by atoms with Crippen LogP contribution in [0.3, 0.4) is 0 Å². The van der Waals surface area contributed by atoms with E-state index in [4.69, 9.17) is 16.3 Å². The van der Waals surface area contributed by atoms with Crippen molar-refractivity contribution in [1.29, 1.82) is 0 Å². The van der Waals surface area contributed by atoms with Crippen LogP contribution in [0.5, 0.6) is 5.75 Å². The first-order chi connectivity index (χ1) is 15.8. The number of halogens is 1. The highest BCUT2D eigenvalue weighted by atomic mass is 35.5. The van der Waals surface area contributed by atoms with Gasteiger partial charge in [0.25, 0.3) is 0 Å². The minimum absolute atomic E-state index is 0.0644. The van der Waals surface area contributed by atoms with E-state index in [9.17, 15) is 8.42 Å². The molecule has 1 aromatic heterocycles. The number of hydrogen-bond donors (Lipinski definition) is 0. The first-order valence-corrected chi connectivity index (χ1v) is 13.5. The third-order valence-electron chi connectivity index (χ3n) is 6.52. The van der Waals surface area contributed by atoms with Crippen molar-refractivity contribution in [3.8, 4) is 16.9 Å². The first kappa shape index (κ1) is 22.2. The van der Waals surface area contributed by atoms with Gasteiger partial charge in [-0.25, -0.2) is 18.4 Å². The molecule has 0 unspecified atom stereocenters. The van der Waals surface area contributed by atoms with Crippen LogP contribution in [0.4, 0.5) is 5.95 Å². The van der Waals surface area contributed by atoms with E-state index in [-0.39, 0.29) is 11.4 Å². The van der Waals surface area contributed by atoms with Gasteiger partial charge < -0.3 is 9.64 Å². The second kappa shape index (κ2) is 8.61. The molecule has 3 heterocycles. The summed E-state index contributed by atoms with van der Waals surface area (Å²) in [5.74, 6) is 1.75. The minimum Gasteiger partial charge on any atom is -0.487 e. The summed E-state index contributed by atoms with van der Waals surface area (Å²) in [6.45, 7) is 1.71. The summed E-state index contributed by atoms with van der Waals surface area (Å²) in [6, 6.07) is 14.1. The summed E-state index contributed by atoms with van der Waals surface area (Å²) in [7, 11) is -3.03. The van der Waals surface area contributed by atoms with Gasteiger partial charge in [-0.3, -0.25) is 0 Å². The predicted molar refractivity (Wildman–Crippen MR) is 131 cm³/mol. The van der Waals surface area contributed by atoms with Gasteiger partial charge in [0.1, 0.15) is 11.4 Å². The molecule has 0 bridgehead atoms. The van der Waals surface area contributed by atoms with E-state index in [1.165, 1.54) is 11.8 Å². The Morgan fingerprint density at radius 2 is 1.67 bits per heavy atom. The maximum Gasteiger partial charge on any atom is 0.225 e. The lowest BCUT2D eigenvalue weighted by atomic mass is 9.82. The number of fused-ring (bicyclic) bond motifs is 1. The van der Waals surface area contributed by atoms with Crippen LogP contribution >= 0.6 is 11.6 Å². The van der Waals surface area contributed by atoms with E-state index in [1.807, 2.05) is 24.3 Å². The Kier molecular flexibility index (Phi) is 5.79. The number of rotatable bonds is 4. The Hall–Kier alpha value is -2.64. The summed E-state index contributed by atoms with van der Waals surface area (Å²) >= 11 is 5.91. The molecule has 2 aliphatic rings. The third kappa shape index (κ3) is 4.99. The fourth-order valence-corrected chi connectivity index (χ4v) is 5.63. The van der Waals surface area contributed by atoms with Crippen LogP contribution in [0.15, 0.2) is 54.9 Å². The van der Waals surface area contributed by atoms with Crippen LogP contribution in [-0.2, 0) is 22.0 Å². The smallest absolute Gasteiger partial charge is 0.225 e. The van der Waals surface area contributed by atoms with Crippen LogP contribution in [0.1, 0.15) is 30.4 Å². The van der Waals surface area contributed by atoms with Crippen LogP contribution in [0.2, 0.25) is 5.02 Å². The molecule has 1 fully saturated rings. The minimum atomic E-state index is -3.03. The average molecular weight is 484 g/mol. The van der Waals surface area contributed by atoms with Gasteiger partial charge >= 0.3 is 0 Å². The summed E-state index contributed by atoms with van der Waals surface area (Å²) in [5.41, 5.74) is 4.09. The largest absolute Gasteiger partial charge is 0.487 e. The van der Waals surface area contributed by atoms with Crippen molar-refractivity contribution < 1.29 is 13.2 Å². The highest BCUT2D eigenvalue weighted by Gasteiger charge is 2.40. The molecular weight excluding hydrogens is 458 g/mol. The quantitative estimate of drug-likeness (QED) is 0.535. The second-order valence-electron chi connectivity index (χ2n) is 9.06. The van der Waals surface area contributed by atoms with E-state index in [2.05, 4.69) is 33.1 Å². The van der Waals surface area contributed by atoms with Crippen molar-refractivity contribution in [2.45, 2.75) is 37.0 Å². The SMILES string of the molecule is CS(=O)(=O)Cc1ccc(-c2ccc3c(c2)CCC2(CCN(c4ncc(Cl)cn4)CC2)O3)cc1. The van der Waals surface area contributed by atoms with Crippen LogP contribution in [0, 0.1) is 0 Å². The predicted octanol–water partition coefficient (Wildman–Crippen LogP) is 4.71. The van der Waals surface area contributed by atoms with Gasteiger partial charge in [0.05, 0.1) is 23.2 Å². The fraction of sp³-hybridized carbons (Fsp3) is 0.360. The van der Waals surface area contributed by atoms with Gasteiger partial charge in [-0.05, 0) is 47.2 Å². The van der Waals surface area contributed by atoms with Gasteiger partial charge in [-0.1, -0.05) is 41.9 Å². The number of aromatic nitrogens is 2. The number of anilines is 1. The molecule has 6 nitrogen and oxygen atoms in total. The van der Waals surface area contributed by atoms with Gasteiger partial charge in [0.15, 0.2) is 9.84 Å². The average Bonchev–Trinajstić information content (AvgIpc) is 2.79.